The maximum Gasteiger partial charge on any atom is 0.333 e. The Hall–Kier alpha value is -0.830. The third-order valence-electron chi connectivity index (χ3n) is 1.47. The van der Waals surface area contributed by atoms with Crippen molar-refractivity contribution in [3.8, 4) is 0 Å². The van der Waals surface area contributed by atoms with Crippen molar-refractivity contribution in [1.82, 2.24) is 0 Å². The molecular formula is C6H8O3. The van der Waals surface area contributed by atoms with E-state index >= 15 is 0 Å². The van der Waals surface area contributed by atoms with Gasteiger partial charge in [0.25, 0.3) is 0 Å². The van der Waals surface area contributed by atoms with E-state index in [0.29, 0.717) is 6.61 Å². The van der Waals surface area contributed by atoms with E-state index in [9.17, 15) is 4.79 Å². The quantitative estimate of drug-likeness (QED) is 0.433. The summed E-state index contributed by atoms with van der Waals surface area (Å²) in [6, 6.07) is 0. The van der Waals surface area contributed by atoms with E-state index in [1.807, 2.05) is 0 Å². The summed E-state index contributed by atoms with van der Waals surface area (Å²) in [6.45, 7) is 5.56. The first-order valence-electron chi connectivity index (χ1n) is 2.63. The fraction of sp³-hybridized carbons (Fsp3) is 0.500. The minimum absolute atomic E-state index is 0.141. The first-order chi connectivity index (χ1) is 4.06. The normalized spacial score (nSPS) is 31.7. The molecule has 1 saturated heterocycles. The van der Waals surface area contributed by atoms with Gasteiger partial charge in [-0.1, -0.05) is 6.58 Å². The molecule has 0 aromatic carbocycles. The van der Waals surface area contributed by atoms with Crippen LogP contribution >= 0.6 is 0 Å². The summed E-state index contributed by atoms with van der Waals surface area (Å²) >= 11 is 0. The number of aliphatic carboxylic acids is 1. The van der Waals surface area contributed by atoms with Gasteiger partial charge in [-0.15, -0.1) is 0 Å². The predicted molar refractivity (Wildman–Crippen MR) is 31.1 cm³/mol. The van der Waals surface area contributed by atoms with Crippen molar-refractivity contribution < 1.29 is 14.6 Å². The van der Waals surface area contributed by atoms with E-state index in [4.69, 9.17) is 9.84 Å². The van der Waals surface area contributed by atoms with Crippen molar-refractivity contribution in [2.45, 2.75) is 12.5 Å². The number of rotatable bonds is 2. The molecule has 9 heavy (non-hydrogen) atoms. The molecule has 1 atom stereocenters. The molecule has 1 aliphatic heterocycles. The van der Waals surface area contributed by atoms with Crippen molar-refractivity contribution in [3.63, 3.8) is 0 Å². The Morgan fingerprint density at radius 1 is 1.89 bits per heavy atom. The molecular weight excluding hydrogens is 120 g/mol. The summed E-state index contributed by atoms with van der Waals surface area (Å²) in [5.41, 5.74) is -0.422. The van der Waals surface area contributed by atoms with E-state index in [1.165, 1.54) is 0 Å². The van der Waals surface area contributed by atoms with Gasteiger partial charge in [-0.25, -0.2) is 4.79 Å². The molecule has 3 nitrogen and oxygen atoms in total. The minimum Gasteiger partial charge on any atom is -0.478 e. The third-order valence-corrected chi connectivity index (χ3v) is 1.47. The summed E-state index contributed by atoms with van der Waals surface area (Å²) in [5, 5.41) is 8.38. The molecule has 0 spiro atoms. The van der Waals surface area contributed by atoms with Crippen molar-refractivity contribution in [1.29, 1.82) is 0 Å². The Labute approximate surface area is 52.9 Å². The molecule has 0 radical (unpaired) electrons. The zero-order valence-electron chi connectivity index (χ0n) is 5.18. The molecule has 1 N–H and O–H groups in total. The molecule has 0 saturated carbocycles. The van der Waals surface area contributed by atoms with Gasteiger partial charge in [0.15, 0.2) is 0 Å². The number of hydrogen-bond donors (Lipinski definition) is 1. The highest BCUT2D eigenvalue weighted by Gasteiger charge is 2.45. The maximum atomic E-state index is 10.2. The van der Waals surface area contributed by atoms with Gasteiger partial charge in [-0.3, -0.25) is 0 Å². The van der Waals surface area contributed by atoms with E-state index < -0.39 is 11.6 Å². The molecule has 0 aliphatic carbocycles. The first kappa shape index (κ1) is 6.29. The molecule has 1 fully saturated rings. The molecule has 1 unspecified atom stereocenters. The molecule has 1 rings (SSSR count). The molecule has 3 heteroatoms. The zero-order valence-corrected chi connectivity index (χ0v) is 5.18. The lowest BCUT2D eigenvalue weighted by Gasteiger charge is -2.01. The van der Waals surface area contributed by atoms with E-state index in [1.54, 1.807) is 6.92 Å². The van der Waals surface area contributed by atoms with Crippen LogP contribution in [-0.4, -0.2) is 23.3 Å². The molecule has 0 amide bonds. The van der Waals surface area contributed by atoms with Crippen LogP contribution in [0.1, 0.15) is 6.92 Å². The van der Waals surface area contributed by atoms with E-state index in [2.05, 4.69) is 6.58 Å². The standard InChI is InChI=1S/C6H8O3/c1-4(5(7)8)6(2)3-9-6/h1,3H2,2H3,(H,7,8). The minimum atomic E-state index is -0.977. The van der Waals surface area contributed by atoms with Gasteiger partial charge in [-0.05, 0) is 6.92 Å². The van der Waals surface area contributed by atoms with Crippen molar-refractivity contribution in [2.75, 3.05) is 6.61 Å². The van der Waals surface area contributed by atoms with Gasteiger partial charge in [0, 0.05) is 0 Å². The highest BCUT2D eigenvalue weighted by Crippen LogP contribution is 2.33. The number of hydrogen-bond acceptors (Lipinski definition) is 2. The highest BCUT2D eigenvalue weighted by molar-refractivity contribution is 5.88. The van der Waals surface area contributed by atoms with Gasteiger partial charge >= 0.3 is 5.97 Å². The topological polar surface area (TPSA) is 49.8 Å². The second-order valence-corrected chi connectivity index (χ2v) is 2.30. The third kappa shape index (κ3) is 0.954. The molecule has 0 aromatic heterocycles. The van der Waals surface area contributed by atoms with Crippen molar-refractivity contribution >= 4 is 5.97 Å². The average Bonchev–Trinajstić information content (AvgIpc) is 2.47. The van der Waals surface area contributed by atoms with Crippen LogP contribution in [0.5, 0.6) is 0 Å². The Balaban J connectivity index is 2.63. The monoisotopic (exact) mass is 128 g/mol. The van der Waals surface area contributed by atoms with Crippen LogP contribution in [0, 0.1) is 0 Å². The highest BCUT2D eigenvalue weighted by atomic mass is 16.6. The summed E-state index contributed by atoms with van der Waals surface area (Å²) in [4.78, 5) is 10.2. The number of carbonyl (C=O) groups is 1. The average molecular weight is 128 g/mol. The van der Waals surface area contributed by atoms with Gasteiger partial charge in [0.1, 0.15) is 5.60 Å². The summed E-state index contributed by atoms with van der Waals surface area (Å²) in [6.07, 6.45) is 0. The molecule has 1 heterocycles. The lowest BCUT2D eigenvalue weighted by atomic mass is 10.1. The van der Waals surface area contributed by atoms with Crippen LogP contribution in [0.4, 0.5) is 0 Å². The number of carboxylic acids is 1. The Morgan fingerprint density at radius 2 is 2.33 bits per heavy atom. The fourth-order valence-corrected chi connectivity index (χ4v) is 0.509. The molecule has 0 bridgehead atoms. The fourth-order valence-electron chi connectivity index (χ4n) is 0.509. The number of carboxylic acid groups (broad SMARTS) is 1. The summed E-state index contributed by atoms with van der Waals surface area (Å²) < 4.78 is 4.84. The van der Waals surface area contributed by atoms with Crippen molar-refractivity contribution in [2.24, 2.45) is 0 Å². The molecule has 1 aliphatic rings. The van der Waals surface area contributed by atoms with E-state index in [-0.39, 0.29) is 5.57 Å². The van der Waals surface area contributed by atoms with Crippen LogP contribution in [0.25, 0.3) is 0 Å². The predicted octanol–water partition coefficient (Wildman–Crippen LogP) is 0.416. The summed E-state index contributed by atoms with van der Waals surface area (Å²) in [7, 11) is 0. The molecule has 0 aromatic rings. The smallest absolute Gasteiger partial charge is 0.333 e. The molecule has 50 valence electrons. The van der Waals surface area contributed by atoms with Gasteiger partial charge in [-0.2, -0.15) is 0 Å². The Bertz CT molecular complexity index is 167. The van der Waals surface area contributed by atoms with Gasteiger partial charge < -0.3 is 9.84 Å². The first-order valence-corrected chi connectivity index (χ1v) is 2.63. The second kappa shape index (κ2) is 1.57. The lowest BCUT2D eigenvalue weighted by molar-refractivity contribution is -0.133. The Morgan fingerprint density at radius 3 is 2.44 bits per heavy atom. The SMILES string of the molecule is C=C(C(=O)O)C1(C)CO1. The van der Waals surface area contributed by atoms with Crippen LogP contribution in [-0.2, 0) is 9.53 Å². The van der Waals surface area contributed by atoms with Crippen LogP contribution in [0.2, 0.25) is 0 Å². The van der Waals surface area contributed by atoms with Crippen LogP contribution in [0.15, 0.2) is 12.2 Å². The second-order valence-electron chi connectivity index (χ2n) is 2.30. The largest absolute Gasteiger partial charge is 0.478 e. The summed E-state index contributed by atoms with van der Waals surface area (Å²) in [5.74, 6) is -0.977. The van der Waals surface area contributed by atoms with Crippen LogP contribution in [0.3, 0.4) is 0 Å². The zero-order chi connectivity index (χ0) is 7.07. The Kier molecular flexibility index (Phi) is 1.10. The van der Waals surface area contributed by atoms with Crippen molar-refractivity contribution in [3.05, 3.63) is 12.2 Å². The van der Waals surface area contributed by atoms with Gasteiger partial charge in [0.05, 0.1) is 12.2 Å². The van der Waals surface area contributed by atoms with Gasteiger partial charge in [0.2, 0.25) is 0 Å². The lowest BCUT2D eigenvalue weighted by Crippen LogP contribution is -2.15. The van der Waals surface area contributed by atoms with Crippen LogP contribution < -0.4 is 0 Å². The van der Waals surface area contributed by atoms with E-state index in [0.717, 1.165) is 0 Å². The number of epoxide rings is 1. The number of ether oxygens (including phenoxy) is 1. The maximum absolute atomic E-state index is 10.2.